The van der Waals surface area contributed by atoms with E-state index in [1.807, 2.05) is 6.92 Å². The second-order valence-electron chi connectivity index (χ2n) is 5.24. The molecule has 0 amide bonds. The number of rotatable bonds is 4. The maximum absolute atomic E-state index is 5.69. The number of aromatic nitrogens is 1. The van der Waals surface area contributed by atoms with Gasteiger partial charge in [0.1, 0.15) is 5.75 Å². The number of fused-ring (bicyclic) bond motifs is 1. The summed E-state index contributed by atoms with van der Waals surface area (Å²) in [6, 6.07) is 8.55. The van der Waals surface area contributed by atoms with Gasteiger partial charge in [0, 0.05) is 18.1 Å². The molecule has 1 saturated carbocycles. The summed E-state index contributed by atoms with van der Waals surface area (Å²) in [7, 11) is 0. The zero-order valence-electron chi connectivity index (χ0n) is 11.1. The molecule has 0 N–H and O–H groups in total. The van der Waals surface area contributed by atoms with Crippen molar-refractivity contribution in [2.24, 2.45) is 5.92 Å². The predicted octanol–water partition coefficient (Wildman–Crippen LogP) is 4.23. The van der Waals surface area contributed by atoms with Gasteiger partial charge in [-0.25, -0.2) is 0 Å². The van der Waals surface area contributed by atoms with Gasteiger partial charge in [0.05, 0.1) is 12.1 Å². The van der Waals surface area contributed by atoms with Gasteiger partial charge in [-0.3, -0.25) is 0 Å². The standard InChI is InChI=1S/C16H21NO/c1-2-18-16-9-5-8-15-14(16)10-11-17(15)12-13-6-3-4-7-13/h5,8-11,13H,2-4,6-7,12H2,1H3. The highest BCUT2D eigenvalue weighted by Gasteiger charge is 2.16. The minimum Gasteiger partial charge on any atom is -0.493 e. The average molecular weight is 243 g/mol. The minimum atomic E-state index is 0.729. The van der Waals surface area contributed by atoms with Crippen LogP contribution < -0.4 is 4.74 Å². The Bertz CT molecular complexity index is 523. The fourth-order valence-corrected chi connectivity index (χ4v) is 3.11. The predicted molar refractivity (Wildman–Crippen MR) is 75.1 cm³/mol. The van der Waals surface area contributed by atoms with E-state index >= 15 is 0 Å². The quantitative estimate of drug-likeness (QED) is 0.783. The highest BCUT2D eigenvalue weighted by molar-refractivity contribution is 5.86. The fraction of sp³-hybridized carbons (Fsp3) is 0.500. The van der Waals surface area contributed by atoms with Crippen molar-refractivity contribution in [3.63, 3.8) is 0 Å². The molecule has 0 unspecified atom stereocenters. The number of hydrogen-bond acceptors (Lipinski definition) is 1. The van der Waals surface area contributed by atoms with Crippen molar-refractivity contribution >= 4 is 10.9 Å². The number of ether oxygens (including phenoxy) is 1. The van der Waals surface area contributed by atoms with Gasteiger partial charge < -0.3 is 9.30 Å². The van der Waals surface area contributed by atoms with Gasteiger partial charge in [-0.1, -0.05) is 18.9 Å². The summed E-state index contributed by atoms with van der Waals surface area (Å²) in [5.74, 6) is 1.89. The summed E-state index contributed by atoms with van der Waals surface area (Å²) in [5, 5.41) is 1.25. The molecule has 0 spiro atoms. The van der Waals surface area contributed by atoms with Crippen LogP contribution in [0.1, 0.15) is 32.6 Å². The topological polar surface area (TPSA) is 14.2 Å². The summed E-state index contributed by atoms with van der Waals surface area (Å²) in [6.07, 6.45) is 7.82. The second kappa shape index (κ2) is 5.05. The molecule has 96 valence electrons. The van der Waals surface area contributed by atoms with Gasteiger partial charge in [-0.15, -0.1) is 0 Å². The minimum absolute atomic E-state index is 0.729. The molecule has 1 aliphatic carbocycles. The maximum Gasteiger partial charge on any atom is 0.128 e. The molecule has 1 aliphatic rings. The highest BCUT2D eigenvalue weighted by atomic mass is 16.5. The van der Waals surface area contributed by atoms with Gasteiger partial charge in [-0.05, 0) is 43.9 Å². The van der Waals surface area contributed by atoms with Crippen molar-refractivity contribution in [2.75, 3.05) is 6.61 Å². The summed E-state index contributed by atoms with van der Waals surface area (Å²) >= 11 is 0. The molecule has 1 aromatic carbocycles. The third-order valence-electron chi connectivity index (χ3n) is 4.00. The first kappa shape index (κ1) is 11.6. The van der Waals surface area contributed by atoms with Crippen LogP contribution in [0.4, 0.5) is 0 Å². The summed E-state index contributed by atoms with van der Waals surface area (Å²) in [5.41, 5.74) is 1.31. The van der Waals surface area contributed by atoms with Gasteiger partial charge in [0.25, 0.3) is 0 Å². The van der Waals surface area contributed by atoms with E-state index < -0.39 is 0 Å². The van der Waals surface area contributed by atoms with Crippen molar-refractivity contribution < 1.29 is 4.74 Å². The zero-order valence-corrected chi connectivity index (χ0v) is 11.1. The van der Waals surface area contributed by atoms with Crippen molar-refractivity contribution in [1.29, 1.82) is 0 Å². The molecule has 1 fully saturated rings. The molecule has 0 saturated heterocycles. The van der Waals surface area contributed by atoms with Crippen molar-refractivity contribution in [1.82, 2.24) is 4.57 Å². The third-order valence-corrected chi connectivity index (χ3v) is 4.00. The van der Waals surface area contributed by atoms with Gasteiger partial charge in [-0.2, -0.15) is 0 Å². The second-order valence-corrected chi connectivity index (χ2v) is 5.24. The zero-order chi connectivity index (χ0) is 12.4. The monoisotopic (exact) mass is 243 g/mol. The van der Waals surface area contributed by atoms with E-state index in [0.29, 0.717) is 0 Å². The van der Waals surface area contributed by atoms with Gasteiger partial charge in [0.2, 0.25) is 0 Å². The molecular formula is C16H21NO. The van der Waals surface area contributed by atoms with E-state index in [-0.39, 0.29) is 0 Å². The van der Waals surface area contributed by atoms with Crippen LogP contribution in [0.3, 0.4) is 0 Å². The van der Waals surface area contributed by atoms with Crippen LogP contribution in [-0.4, -0.2) is 11.2 Å². The molecule has 1 heterocycles. The molecule has 2 aromatic rings. The SMILES string of the molecule is CCOc1cccc2c1ccn2CC1CCCC1. The lowest BCUT2D eigenvalue weighted by molar-refractivity contribution is 0.344. The van der Waals surface area contributed by atoms with Crippen LogP contribution >= 0.6 is 0 Å². The van der Waals surface area contributed by atoms with E-state index in [4.69, 9.17) is 4.74 Å². The Morgan fingerprint density at radius 3 is 2.83 bits per heavy atom. The third kappa shape index (κ3) is 2.12. The van der Waals surface area contributed by atoms with E-state index in [1.54, 1.807) is 0 Å². The van der Waals surface area contributed by atoms with Crippen LogP contribution in [0.2, 0.25) is 0 Å². The number of benzene rings is 1. The van der Waals surface area contributed by atoms with Crippen molar-refractivity contribution in [2.45, 2.75) is 39.2 Å². The van der Waals surface area contributed by atoms with Crippen molar-refractivity contribution in [3.8, 4) is 5.75 Å². The lowest BCUT2D eigenvalue weighted by Crippen LogP contribution is -2.05. The highest BCUT2D eigenvalue weighted by Crippen LogP contribution is 2.30. The maximum atomic E-state index is 5.69. The Balaban J connectivity index is 1.90. The van der Waals surface area contributed by atoms with Crippen LogP contribution in [0.15, 0.2) is 30.5 Å². The Morgan fingerprint density at radius 2 is 2.06 bits per heavy atom. The summed E-state index contributed by atoms with van der Waals surface area (Å²) in [6.45, 7) is 3.93. The largest absolute Gasteiger partial charge is 0.493 e. The van der Waals surface area contributed by atoms with E-state index in [1.165, 1.54) is 43.1 Å². The van der Waals surface area contributed by atoms with Crippen molar-refractivity contribution in [3.05, 3.63) is 30.5 Å². The number of hydrogen-bond donors (Lipinski definition) is 0. The molecule has 1 aromatic heterocycles. The Hall–Kier alpha value is -1.44. The summed E-state index contributed by atoms with van der Waals surface area (Å²) in [4.78, 5) is 0. The van der Waals surface area contributed by atoms with Crippen LogP contribution in [0, 0.1) is 5.92 Å². The fourth-order valence-electron chi connectivity index (χ4n) is 3.11. The lowest BCUT2D eigenvalue weighted by Gasteiger charge is -2.12. The molecule has 0 aliphatic heterocycles. The van der Waals surface area contributed by atoms with Gasteiger partial charge in [0.15, 0.2) is 0 Å². The summed E-state index contributed by atoms with van der Waals surface area (Å²) < 4.78 is 8.09. The Labute approximate surface area is 109 Å². The molecule has 2 nitrogen and oxygen atoms in total. The molecule has 2 heteroatoms. The van der Waals surface area contributed by atoms with Crippen LogP contribution in [0.5, 0.6) is 5.75 Å². The molecule has 0 bridgehead atoms. The van der Waals surface area contributed by atoms with Crippen LogP contribution in [-0.2, 0) is 6.54 Å². The first-order chi connectivity index (χ1) is 8.88. The van der Waals surface area contributed by atoms with E-state index in [9.17, 15) is 0 Å². The smallest absolute Gasteiger partial charge is 0.128 e. The molecule has 3 rings (SSSR count). The first-order valence-corrected chi connectivity index (χ1v) is 7.09. The molecular weight excluding hydrogens is 222 g/mol. The Kier molecular flexibility index (Phi) is 3.26. The van der Waals surface area contributed by atoms with E-state index in [0.717, 1.165) is 18.3 Å². The lowest BCUT2D eigenvalue weighted by atomic mass is 10.1. The van der Waals surface area contributed by atoms with E-state index in [2.05, 4.69) is 35.0 Å². The first-order valence-electron chi connectivity index (χ1n) is 7.09. The van der Waals surface area contributed by atoms with Gasteiger partial charge >= 0.3 is 0 Å². The molecule has 0 atom stereocenters. The molecule has 0 radical (unpaired) electrons. The Morgan fingerprint density at radius 1 is 1.22 bits per heavy atom. The molecule has 18 heavy (non-hydrogen) atoms. The van der Waals surface area contributed by atoms with Crippen LogP contribution in [0.25, 0.3) is 10.9 Å². The normalized spacial score (nSPS) is 16.5. The number of nitrogens with zero attached hydrogens (tertiary/aromatic N) is 1. The average Bonchev–Trinajstić information content (AvgIpc) is 3.01.